The zero-order chi connectivity index (χ0) is 14.7. The van der Waals surface area contributed by atoms with E-state index in [2.05, 4.69) is 71.0 Å². The van der Waals surface area contributed by atoms with Crippen LogP contribution in [0.1, 0.15) is 42.3 Å². The van der Waals surface area contributed by atoms with Crippen molar-refractivity contribution >= 4 is 33.1 Å². The predicted octanol–water partition coefficient (Wildman–Crippen LogP) is 4.78. The van der Waals surface area contributed by atoms with Crippen molar-refractivity contribution in [2.24, 2.45) is 0 Å². The van der Waals surface area contributed by atoms with Crippen molar-refractivity contribution in [1.82, 2.24) is 9.97 Å². The van der Waals surface area contributed by atoms with Crippen LogP contribution in [-0.2, 0) is 6.42 Å². The third-order valence-electron chi connectivity index (χ3n) is 2.93. The summed E-state index contributed by atoms with van der Waals surface area (Å²) in [6, 6.07) is 6.65. The van der Waals surface area contributed by atoms with E-state index in [0.29, 0.717) is 12.0 Å². The molecule has 1 atom stereocenters. The summed E-state index contributed by atoms with van der Waals surface area (Å²) in [4.78, 5) is 11.7. The smallest absolute Gasteiger partial charge is 0.134 e. The Morgan fingerprint density at radius 2 is 2.00 bits per heavy atom. The Kier molecular flexibility index (Phi) is 5.16. The van der Waals surface area contributed by atoms with Gasteiger partial charge in [-0.05, 0) is 41.9 Å². The summed E-state index contributed by atoms with van der Waals surface area (Å²) in [6.07, 6.45) is 1.01. The summed E-state index contributed by atoms with van der Waals surface area (Å²) in [5, 5.41) is 3.46. The van der Waals surface area contributed by atoms with Gasteiger partial charge in [-0.2, -0.15) is 0 Å². The molecule has 2 aromatic rings. The summed E-state index contributed by atoms with van der Waals surface area (Å²) >= 11 is 5.31. The highest BCUT2D eigenvalue weighted by molar-refractivity contribution is 9.10. The molecule has 0 aliphatic carbocycles. The quantitative estimate of drug-likeness (QED) is 0.786. The van der Waals surface area contributed by atoms with E-state index in [1.807, 2.05) is 17.4 Å². The van der Waals surface area contributed by atoms with Crippen molar-refractivity contribution in [2.45, 2.75) is 46.1 Å². The second-order valence-electron chi connectivity index (χ2n) is 5.35. The van der Waals surface area contributed by atoms with Gasteiger partial charge in [-0.3, -0.25) is 0 Å². The molecule has 0 amide bonds. The first-order valence-corrected chi connectivity index (χ1v) is 8.41. The predicted molar refractivity (Wildman–Crippen MR) is 89.7 cm³/mol. The molecule has 0 radical (unpaired) electrons. The lowest BCUT2D eigenvalue weighted by Crippen LogP contribution is -2.19. The van der Waals surface area contributed by atoms with E-state index in [0.717, 1.165) is 22.7 Å². The standard InChI is InChI=1S/C15H20BrN3S/c1-9(2)15-18-13(16)8-14(19-15)17-10(3)7-12-6-5-11(4)20-12/h5-6,8-10H,7H2,1-4H3,(H,17,18,19). The van der Waals surface area contributed by atoms with Crippen LogP contribution in [0, 0.1) is 6.92 Å². The molecule has 2 rings (SSSR count). The number of thiophene rings is 1. The molecule has 0 aliphatic heterocycles. The lowest BCUT2D eigenvalue weighted by atomic mass is 10.2. The van der Waals surface area contributed by atoms with E-state index >= 15 is 0 Å². The van der Waals surface area contributed by atoms with Gasteiger partial charge in [0, 0.05) is 34.2 Å². The first kappa shape index (κ1) is 15.4. The number of anilines is 1. The molecule has 0 saturated carbocycles. The Morgan fingerprint density at radius 3 is 2.60 bits per heavy atom. The summed E-state index contributed by atoms with van der Waals surface area (Å²) in [7, 11) is 0. The Bertz CT molecular complexity index is 580. The number of hydrogen-bond donors (Lipinski definition) is 1. The van der Waals surface area contributed by atoms with Crippen LogP contribution in [0.15, 0.2) is 22.8 Å². The topological polar surface area (TPSA) is 37.8 Å². The fourth-order valence-electron chi connectivity index (χ4n) is 1.97. The van der Waals surface area contributed by atoms with Crippen LogP contribution in [0.4, 0.5) is 5.82 Å². The van der Waals surface area contributed by atoms with Crippen molar-refractivity contribution in [3.05, 3.63) is 38.4 Å². The third kappa shape index (κ3) is 4.28. The monoisotopic (exact) mass is 353 g/mol. The number of aryl methyl sites for hydroxylation is 1. The molecule has 0 aliphatic rings. The Labute approximate surface area is 133 Å². The molecule has 5 heteroatoms. The first-order chi connectivity index (χ1) is 9.44. The lowest BCUT2D eigenvalue weighted by molar-refractivity contribution is 0.753. The van der Waals surface area contributed by atoms with Gasteiger partial charge in [0.25, 0.3) is 0 Å². The van der Waals surface area contributed by atoms with Crippen molar-refractivity contribution in [3.63, 3.8) is 0 Å². The molecule has 108 valence electrons. The minimum atomic E-state index is 0.323. The van der Waals surface area contributed by atoms with Crippen molar-refractivity contribution < 1.29 is 0 Å². The Balaban J connectivity index is 2.05. The molecule has 0 aromatic carbocycles. The van der Waals surface area contributed by atoms with Crippen LogP contribution in [0.3, 0.4) is 0 Å². The maximum absolute atomic E-state index is 4.57. The molecule has 0 fully saturated rings. The highest BCUT2D eigenvalue weighted by atomic mass is 79.9. The van der Waals surface area contributed by atoms with Gasteiger partial charge >= 0.3 is 0 Å². The molecule has 2 heterocycles. The lowest BCUT2D eigenvalue weighted by Gasteiger charge is -2.15. The minimum absolute atomic E-state index is 0.323. The number of rotatable bonds is 5. The van der Waals surface area contributed by atoms with E-state index in [1.54, 1.807) is 0 Å². The SMILES string of the molecule is Cc1ccc(CC(C)Nc2cc(Br)nc(C(C)C)n2)s1. The first-order valence-electron chi connectivity index (χ1n) is 6.80. The summed E-state index contributed by atoms with van der Waals surface area (Å²) in [5.74, 6) is 2.07. The maximum atomic E-state index is 4.57. The van der Waals surface area contributed by atoms with Crippen LogP contribution in [-0.4, -0.2) is 16.0 Å². The van der Waals surface area contributed by atoms with Gasteiger partial charge in [0.1, 0.15) is 16.2 Å². The minimum Gasteiger partial charge on any atom is -0.367 e. The zero-order valence-corrected chi connectivity index (χ0v) is 14.7. The highest BCUT2D eigenvalue weighted by Gasteiger charge is 2.10. The third-order valence-corrected chi connectivity index (χ3v) is 4.36. The van der Waals surface area contributed by atoms with E-state index in [9.17, 15) is 0 Å². The molecule has 1 unspecified atom stereocenters. The number of halogens is 1. The van der Waals surface area contributed by atoms with Gasteiger partial charge in [0.15, 0.2) is 0 Å². The molecule has 20 heavy (non-hydrogen) atoms. The van der Waals surface area contributed by atoms with Crippen LogP contribution < -0.4 is 5.32 Å². The van der Waals surface area contributed by atoms with Gasteiger partial charge in [0.05, 0.1) is 0 Å². The van der Waals surface area contributed by atoms with Crippen molar-refractivity contribution in [3.8, 4) is 0 Å². The molecule has 3 nitrogen and oxygen atoms in total. The molecular formula is C15H20BrN3S. The highest BCUT2D eigenvalue weighted by Crippen LogP contribution is 2.20. The normalized spacial score (nSPS) is 12.7. The van der Waals surface area contributed by atoms with Crippen LogP contribution in [0.2, 0.25) is 0 Å². The van der Waals surface area contributed by atoms with Gasteiger partial charge in [0.2, 0.25) is 0 Å². The largest absolute Gasteiger partial charge is 0.367 e. The zero-order valence-electron chi connectivity index (χ0n) is 12.3. The van der Waals surface area contributed by atoms with Crippen molar-refractivity contribution in [2.75, 3.05) is 5.32 Å². The van der Waals surface area contributed by atoms with E-state index in [1.165, 1.54) is 9.75 Å². The van der Waals surface area contributed by atoms with E-state index in [4.69, 9.17) is 0 Å². The molecule has 1 N–H and O–H groups in total. The van der Waals surface area contributed by atoms with Crippen LogP contribution >= 0.6 is 27.3 Å². The number of nitrogens with one attached hydrogen (secondary N) is 1. The maximum Gasteiger partial charge on any atom is 0.134 e. The fraction of sp³-hybridized carbons (Fsp3) is 0.467. The number of aromatic nitrogens is 2. The fourth-order valence-corrected chi connectivity index (χ4v) is 3.39. The number of nitrogens with zero attached hydrogens (tertiary/aromatic N) is 2. The molecule has 2 aromatic heterocycles. The van der Waals surface area contributed by atoms with Gasteiger partial charge in [-0.1, -0.05) is 13.8 Å². The average molecular weight is 354 g/mol. The van der Waals surface area contributed by atoms with Crippen molar-refractivity contribution in [1.29, 1.82) is 0 Å². The average Bonchev–Trinajstić information content (AvgIpc) is 2.73. The van der Waals surface area contributed by atoms with Gasteiger partial charge < -0.3 is 5.32 Å². The Hall–Kier alpha value is -0.940. The second-order valence-corrected chi connectivity index (χ2v) is 7.54. The molecule has 0 bridgehead atoms. The van der Waals surface area contributed by atoms with Crippen LogP contribution in [0.5, 0.6) is 0 Å². The summed E-state index contributed by atoms with van der Waals surface area (Å²) in [5.41, 5.74) is 0. The summed E-state index contributed by atoms with van der Waals surface area (Å²) in [6.45, 7) is 8.52. The van der Waals surface area contributed by atoms with Gasteiger partial charge in [-0.15, -0.1) is 11.3 Å². The summed E-state index contributed by atoms with van der Waals surface area (Å²) < 4.78 is 0.831. The second kappa shape index (κ2) is 6.68. The van der Waals surface area contributed by atoms with Gasteiger partial charge in [-0.25, -0.2) is 9.97 Å². The molecule has 0 spiro atoms. The molecule has 0 saturated heterocycles. The molecular weight excluding hydrogens is 334 g/mol. The number of hydrogen-bond acceptors (Lipinski definition) is 4. The van der Waals surface area contributed by atoms with E-state index < -0.39 is 0 Å². The Morgan fingerprint density at radius 1 is 1.25 bits per heavy atom. The van der Waals surface area contributed by atoms with E-state index in [-0.39, 0.29) is 0 Å². The van der Waals surface area contributed by atoms with Crippen LogP contribution in [0.25, 0.3) is 0 Å².